The number of ether oxygens (including phenoxy) is 1. The van der Waals surface area contributed by atoms with Gasteiger partial charge in [0.05, 0.1) is 12.2 Å². The van der Waals surface area contributed by atoms with E-state index >= 15 is 0 Å². The quantitative estimate of drug-likeness (QED) is 0.401. The van der Waals surface area contributed by atoms with E-state index in [2.05, 4.69) is 5.32 Å². The van der Waals surface area contributed by atoms with Crippen LogP contribution in [0.5, 0.6) is 5.75 Å². The highest BCUT2D eigenvalue weighted by molar-refractivity contribution is 7.89. The molecule has 1 aliphatic heterocycles. The summed E-state index contributed by atoms with van der Waals surface area (Å²) in [6.45, 7) is 2.54. The van der Waals surface area contributed by atoms with E-state index in [9.17, 15) is 30.8 Å². The summed E-state index contributed by atoms with van der Waals surface area (Å²) in [7, 11) is -3.95. The number of carbonyl (C=O) groups is 1. The number of hydrogen-bond acceptors (Lipinski definition) is 4. The molecule has 31 heavy (non-hydrogen) atoms. The number of rotatable bonds is 6. The number of sulfonamides is 1. The number of anilines is 1. The molecule has 1 amide bonds. The summed E-state index contributed by atoms with van der Waals surface area (Å²) in [5.41, 5.74) is -1.14. The van der Waals surface area contributed by atoms with Crippen molar-refractivity contribution in [2.75, 3.05) is 25.0 Å². The van der Waals surface area contributed by atoms with Crippen molar-refractivity contribution in [1.29, 1.82) is 0 Å². The average molecular weight is 460 g/mol. The molecule has 0 bridgehead atoms. The van der Waals surface area contributed by atoms with Crippen molar-refractivity contribution >= 4 is 21.6 Å². The molecule has 0 saturated carbocycles. The lowest BCUT2D eigenvalue weighted by Gasteiger charge is -2.27. The van der Waals surface area contributed by atoms with E-state index in [4.69, 9.17) is 4.74 Å². The number of benzene rings is 2. The van der Waals surface area contributed by atoms with Crippen LogP contribution in [0.15, 0.2) is 29.2 Å². The summed E-state index contributed by atoms with van der Waals surface area (Å²) in [6.07, 6.45) is 2.33. The Hall–Kier alpha value is -2.66. The first-order chi connectivity index (χ1) is 14.7. The van der Waals surface area contributed by atoms with Crippen LogP contribution < -0.4 is 10.1 Å². The molecule has 11 heteroatoms. The third-order valence-corrected chi connectivity index (χ3v) is 6.70. The predicted octanol–water partition coefficient (Wildman–Crippen LogP) is 4.07. The first kappa shape index (κ1) is 23.0. The first-order valence-corrected chi connectivity index (χ1v) is 11.0. The minimum absolute atomic E-state index is 0.0659. The summed E-state index contributed by atoms with van der Waals surface area (Å²) in [5.74, 6) is -8.96. The van der Waals surface area contributed by atoms with Crippen LogP contribution in [0.4, 0.5) is 23.2 Å². The van der Waals surface area contributed by atoms with Crippen LogP contribution in [-0.2, 0) is 10.0 Å². The molecule has 2 aromatic rings. The van der Waals surface area contributed by atoms with Crippen LogP contribution in [0.3, 0.4) is 0 Å². The van der Waals surface area contributed by atoms with Gasteiger partial charge in [0, 0.05) is 18.8 Å². The second kappa shape index (κ2) is 9.23. The molecule has 0 aliphatic carbocycles. The van der Waals surface area contributed by atoms with Crippen LogP contribution in [0.25, 0.3) is 0 Å². The fourth-order valence-corrected chi connectivity index (χ4v) is 4.92. The number of amides is 1. The molecule has 1 N–H and O–H groups in total. The Balaban J connectivity index is 1.96. The van der Waals surface area contributed by atoms with Crippen molar-refractivity contribution < 1.29 is 35.5 Å². The summed E-state index contributed by atoms with van der Waals surface area (Å²) < 4.78 is 86.8. The van der Waals surface area contributed by atoms with Gasteiger partial charge < -0.3 is 10.1 Å². The van der Waals surface area contributed by atoms with Crippen molar-refractivity contribution in [1.82, 2.24) is 4.31 Å². The zero-order chi connectivity index (χ0) is 22.8. The minimum Gasteiger partial charge on any atom is -0.492 e. The Labute approximate surface area is 176 Å². The van der Waals surface area contributed by atoms with Crippen molar-refractivity contribution in [2.45, 2.75) is 31.1 Å². The van der Waals surface area contributed by atoms with Gasteiger partial charge in [0.2, 0.25) is 10.0 Å². The van der Waals surface area contributed by atoms with Gasteiger partial charge in [0.25, 0.3) is 5.91 Å². The van der Waals surface area contributed by atoms with Gasteiger partial charge in [-0.25, -0.2) is 26.0 Å². The molecule has 2 aromatic carbocycles. The van der Waals surface area contributed by atoms with E-state index in [1.807, 2.05) is 0 Å². The number of nitrogens with one attached hydrogen (secondary N) is 1. The van der Waals surface area contributed by atoms with E-state index in [-0.39, 0.29) is 29.0 Å². The predicted molar refractivity (Wildman–Crippen MR) is 104 cm³/mol. The zero-order valence-corrected chi connectivity index (χ0v) is 17.4. The summed E-state index contributed by atoms with van der Waals surface area (Å²) in [6, 6.07) is 3.97. The van der Waals surface area contributed by atoms with E-state index in [0.29, 0.717) is 25.9 Å². The SMILES string of the molecule is CCOc1ccc(NC(=O)c2cc(F)c(F)c(F)c2F)cc1S(=O)(=O)N1CCCCC1. The third kappa shape index (κ3) is 4.67. The lowest BCUT2D eigenvalue weighted by molar-refractivity contribution is 0.102. The van der Waals surface area contributed by atoms with Crippen LogP contribution >= 0.6 is 0 Å². The lowest BCUT2D eigenvalue weighted by Crippen LogP contribution is -2.35. The number of nitrogens with zero attached hydrogens (tertiary/aromatic N) is 1. The Morgan fingerprint density at radius 2 is 1.71 bits per heavy atom. The topological polar surface area (TPSA) is 75.7 Å². The number of carbonyl (C=O) groups excluding carboxylic acids is 1. The van der Waals surface area contributed by atoms with Crippen LogP contribution in [-0.4, -0.2) is 38.3 Å². The van der Waals surface area contributed by atoms with Gasteiger partial charge in [0.1, 0.15) is 10.6 Å². The van der Waals surface area contributed by atoms with Crippen LogP contribution in [0.2, 0.25) is 0 Å². The smallest absolute Gasteiger partial charge is 0.258 e. The largest absolute Gasteiger partial charge is 0.492 e. The maximum atomic E-state index is 13.9. The average Bonchev–Trinajstić information content (AvgIpc) is 2.76. The van der Waals surface area contributed by atoms with Gasteiger partial charge in [0.15, 0.2) is 23.3 Å². The molecule has 0 unspecified atom stereocenters. The number of hydrogen-bond donors (Lipinski definition) is 1. The maximum absolute atomic E-state index is 13.9. The Morgan fingerprint density at radius 3 is 2.35 bits per heavy atom. The molecule has 0 atom stereocenters. The molecule has 6 nitrogen and oxygen atoms in total. The van der Waals surface area contributed by atoms with Gasteiger partial charge >= 0.3 is 0 Å². The van der Waals surface area contributed by atoms with Crippen LogP contribution in [0, 0.1) is 23.3 Å². The van der Waals surface area contributed by atoms with E-state index < -0.39 is 44.8 Å². The normalized spacial score (nSPS) is 15.0. The van der Waals surface area contributed by atoms with Gasteiger partial charge in [-0.15, -0.1) is 0 Å². The van der Waals surface area contributed by atoms with Crippen molar-refractivity contribution in [3.63, 3.8) is 0 Å². The standard InChI is InChI=1S/C20H20F4N2O4S/c1-2-30-15-7-6-12(10-16(15)31(28,29)26-8-4-3-5-9-26)25-20(27)13-11-14(21)18(23)19(24)17(13)22/h6-7,10-11H,2-5,8-9H2,1H3,(H,25,27). The molecular formula is C20H20F4N2O4S. The minimum atomic E-state index is -3.95. The van der Waals surface area contributed by atoms with Crippen molar-refractivity contribution in [3.05, 3.63) is 53.1 Å². The lowest BCUT2D eigenvalue weighted by atomic mass is 10.1. The third-order valence-electron chi connectivity index (χ3n) is 4.78. The molecule has 0 aromatic heterocycles. The molecule has 3 rings (SSSR count). The Morgan fingerprint density at radius 1 is 1.03 bits per heavy atom. The Kier molecular flexibility index (Phi) is 6.85. The first-order valence-electron chi connectivity index (χ1n) is 9.58. The second-order valence-corrected chi connectivity index (χ2v) is 8.77. The zero-order valence-electron chi connectivity index (χ0n) is 16.6. The van der Waals surface area contributed by atoms with E-state index in [0.717, 1.165) is 12.5 Å². The molecule has 1 heterocycles. The van der Waals surface area contributed by atoms with Gasteiger partial charge in [-0.05, 0) is 44.0 Å². The molecule has 1 aliphatic rings. The van der Waals surface area contributed by atoms with Gasteiger partial charge in [-0.2, -0.15) is 4.31 Å². The summed E-state index contributed by atoms with van der Waals surface area (Å²) in [5, 5.41) is 2.18. The number of piperidine rings is 1. The molecule has 1 saturated heterocycles. The van der Waals surface area contributed by atoms with E-state index in [1.165, 1.54) is 16.4 Å². The highest BCUT2D eigenvalue weighted by Crippen LogP contribution is 2.32. The highest BCUT2D eigenvalue weighted by atomic mass is 32.2. The second-order valence-electron chi connectivity index (χ2n) is 6.86. The Bertz CT molecular complexity index is 1100. The van der Waals surface area contributed by atoms with Crippen LogP contribution in [0.1, 0.15) is 36.5 Å². The molecule has 1 fully saturated rings. The van der Waals surface area contributed by atoms with Crippen molar-refractivity contribution in [2.24, 2.45) is 0 Å². The summed E-state index contributed by atoms with van der Waals surface area (Å²) >= 11 is 0. The van der Waals surface area contributed by atoms with Gasteiger partial charge in [-0.3, -0.25) is 4.79 Å². The summed E-state index contributed by atoms with van der Waals surface area (Å²) in [4.78, 5) is 12.1. The van der Waals surface area contributed by atoms with Gasteiger partial charge in [-0.1, -0.05) is 6.42 Å². The molecular weight excluding hydrogens is 440 g/mol. The molecule has 0 radical (unpaired) electrons. The monoisotopic (exact) mass is 460 g/mol. The maximum Gasteiger partial charge on any atom is 0.258 e. The fourth-order valence-electron chi connectivity index (χ4n) is 3.24. The van der Waals surface area contributed by atoms with Crippen molar-refractivity contribution in [3.8, 4) is 5.75 Å². The molecule has 168 valence electrons. The fraction of sp³-hybridized carbons (Fsp3) is 0.350. The number of halogens is 4. The highest BCUT2D eigenvalue weighted by Gasteiger charge is 2.30. The van der Waals surface area contributed by atoms with E-state index in [1.54, 1.807) is 6.92 Å². The molecule has 0 spiro atoms.